The fraction of sp³-hybridized carbons (Fsp3) is 0.222. The number of nitrogens with one attached hydrogen (secondary N) is 1. The molecule has 1 aromatic heterocycles. The van der Waals surface area contributed by atoms with Crippen molar-refractivity contribution in [2.75, 3.05) is 6.61 Å². The van der Waals surface area contributed by atoms with E-state index in [1.165, 1.54) is 6.07 Å². The highest BCUT2D eigenvalue weighted by atomic mass is 16.5. The van der Waals surface area contributed by atoms with Crippen LogP contribution in [0.5, 0.6) is 11.5 Å². The van der Waals surface area contributed by atoms with E-state index in [4.69, 9.17) is 4.74 Å². The Kier molecular flexibility index (Phi) is 2.49. The normalized spacial score (nSPS) is 10.2. The molecule has 0 saturated carbocycles. The van der Waals surface area contributed by atoms with Gasteiger partial charge in [-0.1, -0.05) is 0 Å². The fourth-order valence-electron chi connectivity index (χ4n) is 1.21. The van der Waals surface area contributed by atoms with Crippen molar-refractivity contribution in [3.8, 4) is 22.9 Å². The summed E-state index contributed by atoms with van der Waals surface area (Å²) >= 11 is 0. The zero-order valence-electron chi connectivity index (χ0n) is 8.14. The molecule has 0 atom stereocenters. The summed E-state index contributed by atoms with van der Waals surface area (Å²) in [4.78, 5) is 0. The molecule has 6 nitrogen and oxygen atoms in total. The average Bonchev–Trinajstić information content (AvgIpc) is 2.75. The Bertz CT molecular complexity index is 441. The van der Waals surface area contributed by atoms with E-state index in [-0.39, 0.29) is 5.75 Å². The van der Waals surface area contributed by atoms with Gasteiger partial charge in [0.25, 0.3) is 0 Å². The molecule has 15 heavy (non-hydrogen) atoms. The summed E-state index contributed by atoms with van der Waals surface area (Å²) in [5.41, 5.74) is 0.741. The highest BCUT2D eigenvalue weighted by molar-refractivity contribution is 5.59. The number of tetrazole rings is 1. The number of hydrogen-bond donors (Lipinski definition) is 2. The smallest absolute Gasteiger partial charge is 0.204 e. The maximum Gasteiger partial charge on any atom is 0.204 e. The maximum atomic E-state index is 9.47. The largest absolute Gasteiger partial charge is 0.504 e. The van der Waals surface area contributed by atoms with E-state index in [9.17, 15) is 5.11 Å². The van der Waals surface area contributed by atoms with E-state index in [0.29, 0.717) is 18.2 Å². The van der Waals surface area contributed by atoms with E-state index in [0.717, 1.165) is 5.56 Å². The van der Waals surface area contributed by atoms with Crippen molar-refractivity contribution in [3.05, 3.63) is 18.2 Å². The number of phenols is 1. The molecule has 1 aromatic carbocycles. The highest BCUT2D eigenvalue weighted by Crippen LogP contribution is 2.29. The van der Waals surface area contributed by atoms with Crippen LogP contribution < -0.4 is 4.74 Å². The van der Waals surface area contributed by atoms with Crippen LogP contribution in [-0.4, -0.2) is 32.3 Å². The summed E-state index contributed by atoms with van der Waals surface area (Å²) < 4.78 is 5.24. The topological polar surface area (TPSA) is 83.9 Å². The van der Waals surface area contributed by atoms with Crippen molar-refractivity contribution in [3.63, 3.8) is 0 Å². The van der Waals surface area contributed by atoms with Gasteiger partial charge < -0.3 is 9.84 Å². The molecular formula is C9H10N4O2. The zero-order valence-corrected chi connectivity index (χ0v) is 8.14. The predicted molar refractivity (Wildman–Crippen MR) is 52.4 cm³/mol. The molecule has 78 valence electrons. The van der Waals surface area contributed by atoms with E-state index in [2.05, 4.69) is 20.6 Å². The minimum absolute atomic E-state index is 0.101. The van der Waals surface area contributed by atoms with Gasteiger partial charge in [0.15, 0.2) is 11.5 Å². The predicted octanol–water partition coefficient (Wildman–Crippen LogP) is 0.971. The summed E-state index contributed by atoms with van der Waals surface area (Å²) in [5, 5.41) is 23.0. The first-order valence-corrected chi connectivity index (χ1v) is 4.51. The second-order valence-corrected chi connectivity index (χ2v) is 2.85. The Hall–Kier alpha value is -2.11. The summed E-state index contributed by atoms with van der Waals surface area (Å²) in [6.45, 7) is 2.34. The van der Waals surface area contributed by atoms with Crippen LogP contribution in [0.2, 0.25) is 0 Å². The van der Waals surface area contributed by atoms with E-state index in [1.54, 1.807) is 12.1 Å². The van der Waals surface area contributed by atoms with E-state index >= 15 is 0 Å². The Morgan fingerprint density at radius 1 is 1.47 bits per heavy atom. The van der Waals surface area contributed by atoms with Crippen molar-refractivity contribution >= 4 is 0 Å². The lowest BCUT2D eigenvalue weighted by Crippen LogP contribution is -1.92. The molecule has 0 radical (unpaired) electrons. The van der Waals surface area contributed by atoms with Gasteiger partial charge in [-0.2, -0.15) is 5.21 Å². The molecule has 2 N–H and O–H groups in total. The van der Waals surface area contributed by atoms with Crippen LogP contribution in [-0.2, 0) is 0 Å². The molecule has 6 heteroatoms. The van der Waals surface area contributed by atoms with Crippen LogP contribution in [0.3, 0.4) is 0 Å². The molecule has 1 heterocycles. The van der Waals surface area contributed by atoms with Gasteiger partial charge >= 0.3 is 0 Å². The lowest BCUT2D eigenvalue weighted by atomic mass is 10.2. The molecule has 0 aliphatic rings. The molecule has 0 fully saturated rings. The van der Waals surface area contributed by atoms with Crippen LogP contribution in [0.25, 0.3) is 11.4 Å². The first-order valence-electron chi connectivity index (χ1n) is 4.51. The molecular weight excluding hydrogens is 196 g/mol. The quantitative estimate of drug-likeness (QED) is 0.781. The van der Waals surface area contributed by atoms with E-state index < -0.39 is 0 Å². The van der Waals surface area contributed by atoms with Gasteiger partial charge in [-0.3, -0.25) is 0 Å². The Balaban J connectivity index is 2.38. The summed E-state index contributed by atoms with van der Waals surface area (Å²) in [6, 6.07) is 4.91. The van der Waals surface area contributed by atoms with Crippen LogP contribution in [0.15, 0.2) is 18.2 Å². The molecule has 0 saturated heterocycles. The van der Waals surface area contributed by atoms with Gasteiger partial charge in [-0.05, 0) is 30.3 Å². The lowest BCUT2D eigenvalue weighted by Gasteiger charge is -2.06. The molecule has 0 bridgehead atoms. The van der Waals surface area contributed by atoms with Crippen molar-refractivity contribution in [2.24, 2.45) is 0 Å². The first-order chi connectivity index (χ1) is 7.31. The molecule has 0 unspecified atom stereocenters. The summed E-state index contributed by atoms with van der Waals surface area (Å²) in [6.07, 6.45) is 0. The van der Waals surface area contributed by atoms with Gasteiger partial charge in [0, 0.05) is 5.56 Å². The number of benzene rings is 1. The third-order valence-electron chi connectivity index (χ3n) is 1.86. The third kappa shape index (κ3) is 1.88. The molecule has 0 spiro atoms. The lowest BCUT2D eigenvalue weighted by molar-refractivity contribution is 0.318. The highest BCUT2D eigenvalue weighted by Gasteiger charge is 2.07. The van der Waals surface area contributed by atoms with Crippen LogP contribution >= 0.6 is 0 Å². The summed E-state index contributed by atoms with van der Waals surface area (Å²) in [5.74, 6) is 0.986. The first kappa shape index (κ1) is 9.45. The van der Waals surface area contributed by atoms with Crippen molar-refractivity contribution in [1.82, 2.24) is 20.6 Å². The standard InChI is InChI=1S/C9H10N4O2/c1-2-15-8-5-6(3-4-7(8)14)9-10-12-13-11-9/h3-5,14H,2H2,1H3,(H,10,11,12,13). The molecule has 0 aliphatic carbocycles. The van der Waals surface area contributed by atoms with Gasteiger partial charge in [0.05, 0.1) is 6.61 Å². The molecule has 2 aromatic rings. The molecule has 2 rings (SSSR count). The fourth-order valence-corrected chi connectivity index (χ4v) is 1.21. The van der Waals surface area contributed by atoms with Crippen molar-refractivity contribution in [2.45, 2.75) is 6.92 Å². The van der Waals surface area contributed by atoms with Gasteiger partial charge in [-0.15, -0.1) is 10.2 Å². The number of H-pyrrole nitrogens is 1. The monoisotopic (exact) mass is 206 g/mol. The van der Waals surface area contributed by atoms with Gasteiger partial charge in [0.1, 0.15) is 0 Å². The van der Waals surface area contributed by atoms with Gasteiger partial charge in [0.2, 0.25) is 5.82 Å². The second kappa shape index (κ2) is 3.95. The number of aromatic nitrogens is 4. The number of nitrogens with zero attached hydrogens (tertiary/aromatic N) is 3. The third-order valence-corrected chi connectivity index (χ3v) is 1.86. The van der Waals surface area contributed by atoms with E-state index in [1.807, 2.05) is 6.92 Å². The minimum Gasteiger partial charge on any atom is -0.504 e. The van der Waals surface area contributed by atoms with Crippen molar-refractivity contribution < 1.29 is 9.84 Å². The minimum atomic E-state index is 0.101. The van der Waals surface area contributed by atoms with Gasteiger partial charge in [-0.25, -0.2) is 0 Å². The van der Waals surface area contributed by atoms with Crippen LogP contribution in [0, 0.1) is 0 Å². The molecule has 0 amide bonds. The van der Waals surface area contributed by atoms with Crippen molar-refractivity contribution in [1.29, 1.82) is 0 Å². The average molecular weight is 206 g/mol. The number of rotatable bonds is 3. The zero-order chi connectivity index (χ0) is 10.7. The Labute approximate surface area is 85.9 Å². The summed E-state index contributed by atoms with van der Waals surface area (Å²) in [7, 11) is 0. The van der Waals surface area contributed by atoms with Crippen LogP contribution in [0.4, 0.5) is 0 Å². The number of aromatic amines is 1. The Morgan fingerprint density at radius 2 is 2.33 bits per heavy atom. The second-order valence-electron chi connectivity index (χ2n) is 2.85. The maximum absolute atomic E-state index is 9.47. The SMILES string of the molecule is CCOc1cc(-c2nn[nH]n2)ccc1O. The number of ether oxygens (including phenoxy) is 1. The number of aromatic hydroxyl groups is 1. The Morgan fingerprint density at radius 3 is 3.00 bits per heavy atom. The van der Waals surface area contributed by atoms with Crippen LogP contribution in [0.1, 0.15) is 6.92 Å². The molecule has 0 aliphatic heterocycles. The number of hydrogen-bond acceptors (Lipinski definition) is 5. The number of phenolic OH excluding ortho intramolecular Hbond substituents is 1.